The third kappa shape index (κ3) is 3.44. The number of aromatic carboxylic acids is 1. The molecule has 1 aliphatic rings. The summed E-state index contributed by atoms with van der Waals surface area (Å²) in [5, 5.41) is 9.19. The van der Waals surface area contributed by atoms with Gasteiger partial charge in [0.2, 0.25) is 5.88 Å². The summed E-state index contributed by atoms with van der Waals surface area (Å²) < 4.78 is 10.8. The summed E-state index contributed by atoms with van der Waals surface area (Å²) in [7, 11) is 0. The Kier molecular flexibility index (Phi) is 4.74. The summed E-state index contributed by atoms with van der Waals surface area (Å²) >= 11 is 0. The van der Waals surface area contributed by atoms with Crippen molar-refractivity contribution in [2.24, 2.45) is 0 Å². The molecule has 0 aromatic carbocycles. The van der Waals surface area contributed by atoms with Crippen LogP contribution in [0.5, 0.6) is 5.88 Å². The molecular weight excluding hydrogens is 246 g/mol. The summed E-state index contributed by atoms with van der Waals surface area (Å²) in [6, 6.07) is 1.69. The number of carboxylic acid groups (broad SMARTS) is 1. The molecule has 1 aliphatic carbocycles. The van der Waals surface area contributed by atoms with E-state index in [2.05, 4.69) is 4.98 Å². The highest BCUT2D eigenvalue weighted by molar-refractivity contribution is 5.90. The fraction of sp³-hybridized carbons (Fsp3) is 0.571. The van der Waals surface area contributed by atoms with E-state index in [-0.39, 0.29) is 11.4 Å². The zero-order chi connectivity index (χ0) is 13.7. The topological polar surface area (TPSA) is 68.7 Å². The standard InChI is InChI=1S/C14H19NO4/c1-2-6-18-7-8-19-13-11(14(16)17)9-10-4-3-5-12(10)15-13/h9H,2-8H2,1H3,(H,16,17). The first-order valence-electron chi connectivity index (χ1n) is 6.69. The van der Waals surface area contributed by atoms with Crippen molar-refractivity contribution in [2.45, 2.75) is 32.6 Å². The zero-order valence-electron chi connectivity index (χ0n) is 11.1. The van der Waals surface area contributed by atoms with Crippen LogP contribution in [0.15, 0.2) is 6.07 Å². The number of pyridine rings is 1. The van der Waals surface area contributed by atoms with Crippen LogP contribution in [0.4, 0.5) is 0 Å². The molecule has 0 aliphatic heterocycles. The van der Waals surface area contributed by atoms with Crippen molar-refractivity contribution in [3.05, 3.63) is 22.9 Å². The van der Waals surface area contributed by atoms with Gasteiger partial charge in [-0.1, -0.05) is 6.92 Å². The highest BCUT2D eigenvalue weighted by Crippen LogP contribution is 2.26. The van der Waals surface area contributed by atoms with E-state index in [1.54, 1.807) is 6.07 Å². The first-order chi connectivity index (χ1) is 9.22. The number of nitrogens with zero attached hydrogens (tertiary/aromatic N) is 1. The van der Waals surface area contributed by atoms with Crippen molar-refractivity contribution in [1.29, 1.82) is 0 Å². The summed E-state index contributed by atoms with van der Waals surface area (Å²) in [6.07, 6.45) is 3.79. The first kappa shape index (κ1) is 13.8. The summed E-state index contributed by atoms with van der Waals surface area (Å²) in [4.78, 5) is 15.5. The van der Waals surface area contributed by atoms with E-state index in [9.17, 15) is 9.90 Å². The molecule has 0 spiro atoms. The van der Waals surface area contributed by atoms with Crippen molar-refractivity contribution in [3.63, 3.8) is 0 Å². The van der Waals surface area contributed by atoms with Gasteiger partial charge < -0.3 is 14.6 Å². The predicted molar refractivity (Wildman–Crippen MR) is 69.8 cm³/mol. The summed E-state index contributed by atoms with van der Waals surface area (Å²) in [5.41, 5.74) is 2.15. The minimum absolute atomic E-state index is 0.149. The molecule has 1 aromatic rings. The van der Waals surface area contributed by atoms with Crippen LogP contribution >= 0.6 is 0 Å². The third-order valence-electron chi connectivity index (χ3n) is 3.06. The Labute approximate surface area is 112 Å². The quantitative estimate of drug-likeness (QED) is 0.764. The second-order valence-corrected chi connectivity index (χ2v) is 4.57. The first-order valence-corrected chi connectivity index (χ1v) is 6.69. The van der Waals surface area contributed by atoms with Crippen molar-refractivity contribution in [3.8, 4) is 5.88 Å². The molecule has 0 fully saturated rings. The molecule has 5 nitrogen and oxygen atoms in total. The number of aryl methyl sites for hydroxylation is 2. The Hall–Kier alpha value is -1.62. The van der Waals surface area contributed by atoms with E-state index >= 15 is 0 Å². The van der Waals surface area contributed by atoms with Crippen LogP contribution in [0.25, 0.3) is 0 Å². The molecule has 0 unspecified atom stereocenters. The molecule has 1 aromatic heterocycles. The predicted octanol–water partition coefficient (Wildman–Crippen LogP) is 2.07. The molecule has 0 atom stereocenters. The van der Waals surface area contributed by atoms with Gasteiger partial charge >= 0.3 is 5.97 Å². The van der Waals surface area contributed by atoms with E-state index < -0.39 is 5.97 Å². The SMILES string of the molecule is CCCOCCOc1nc2c(cc1C(=O)O)CCC2. The van der Waals surface area contributed by atoms with Gasteiger partial charge in [-0.05, 0) is 37.3 Å². The van der Waals surface area contributed by atoms with Gasteiger partial charge in [0.25, 0.3) is 0 Å². The fourth-order valence-electron chi connectivity index (χ4n) is 2.16. The van der Waals surface area contributed by atoms with E-state index in [4.69, 9.17) is 9.47 Å². The maximum Gasteiger partial charge on any atom is 0.341 e. The Balaban J connectivity index is 2.03. The van der Waals surface area contributed by atoms with Crippen molar-refractivity contribution >= 4 is 5.97 Å². The molecule has 0 radical (unpaired) electrons. The fourth-order valence-corrected chi connectivity index (χ4v) is 2.16. The Morgan fingerprint density at radius 3 is 2.95 bits per heavy atom. The largest absolute Gasteiger partial charge is 0.477 e. The lowest BCUT2D eigenvalue weighted by Crippen LogP contribution is -2.12. The molecule has 1 N–H and O–H groups in total. The number of ether oxygens (including phenoxy) is 2. The number of fused-ring (bicyclic) bond motifs is 1. The van der Waals surface area contributed by atoms with E-state index in [1.807, 2.05) is 6.92 Å². The van der Waals surface area contributed by atoms with Crippen LogP contribution in [0.1, 0.15) is 41.4 Å². The molecule has 1 heterocycles. The van der Waals surface area contributed by atoms with Crippen molar-refractivity contribution in [1.82, 2.24) is 4.98 Å². The number of hydrogen-bond acceptors (Lipinski definition) is 4. The lowest BCUT2D eigenvalue weighted by molar-refractivity contribution is 0.0683. The normalized spacial score (nSPS) is 13.3. The molecule has 2 rings (SSSR count). The summed E-state index contributed by atoms with van der Waals surface area (Å²) in [6.45, 7) is 3.50. The number of aromatic nitrogens is 1. The third-order valence-corrected chi connectivity index (χ3v) is 3.06. The Morgan fingerprint density at radius 2 is 2.21 bits per heavy atom. The van der Waals surface area contributed by atoms with Crippen LogP contribution in [-0.2, 0) is 17.6 Å². The average molecular weight is 265 g/mol. The van der Waals surface area contributed by atoms with Crippen LogP contribution in [0, 0.1) is 0 Å². The van der Waals surface area contributed by atoms with Crippen molar-refractivity contribution < 1.29 is 19.4 Å². The van der Waals surface area contributed by atoms with Gasteiger partial charge in [0.1, 0.15) is 12.2 Å². The van der Waals surface area contributed by atoms with Gasteiger partial charge in [-0.3, -0.25) is 0 Å². The maximum atomic E-state index is 11.2. The number of hydrogen-bond donors (Lipinski definition) is 1. The highest BCUT2D eigenvalue weighted by Gasteiger charge is 2.20. The van der Waals surface area contributed by atoms with Gasteiger partial charge in [0.05, 0.1) is 6.61 Å². The molecule has 0 bridgehead atoms. The second kappa shape index (κ2) is 6.52. The lowest BCUT2D eigenvalue weighted by atomic mass is 10.1. The molecular formula is C14H19NO4. The monoisotopic (exact) mass is 265 g/mol. The molecule has 0 saturated carbocycles. The van der Waals surface area contributed by atoms with Crippen LogP contribution in [0.3, 0.4) is 0 Å². The molecule has 104 valence electrons. The van der Waals surface area contributed by atoms with E-state index in [1.165, 1.54) is 0 Å². The maximum absolute atomic E-state index is 11.2. The number of rotatable bonds is 7. The smallest absolute Gasteiger partial charge is 0.341 e. The number of carbonyl (C=O) groups is 1. The Bertz CT molecular complexity index is 459. The minimum atomic E-state index is -0.994. The minimum Gasteiger partial charge on any atom is -0.477 e. The molecule has 5 heteroatoms. The highest BCUT2D eigenvalue weighted by atomic mass is 16.5. The molecule has 0 saturated heterocycles. The van der Waals surface area contributed by atoms with Crippen LogP contribution < -0.4 is 4.74 Å². The summed E-state index contributed by atoms with van der Waals surface area (Å²) in [5.74, 6) is -0.778. The zero-order valence-corrected chi connectivity index (χ0v) is 11.1. The van der Waals surface area contributed by atoms with Gasteiger partial charge in [-0.2, -0.15) is 0 Å². The van der Waals surface area contributed by atoms with Gasteiger partial charge in [-0.25, -0.2) is 9.78 Å². The lowest BCUT2D eigenvalue weighted by Gasteiger charge is -2.10. The second-order valence-electron chi connectivity index (χ2n) is 4.57. The van der Waals surface area contributed by atoms with E-state index in [0.717, 1.165) is 36.9 Å². The van der Waals surface area contributed by atoms with Gasteiger partial charge in [0, 0.05) is 12.3 Å². The number of carboxylic acids is 1. The molecule has 19 heavy (non-hydrogen) atoms. The molecule has 0 amide bonds. The van der Waals surface area contributed by atoms with Gasteiger partial charge in [0.15, 0.2) is 0 Å². The average Bonchev–Trinajstić information content (AvgIpc) is 2.84. The van der Waals surface area contributed by atoms with Gasteiger partial charge in [-0.15, -0.1) is 0 Å². The van der Waals surface area contributed by atoms with Crippen LogP contribution in [0.2, 0.25) is 0 Å². The Morgan fingerprint density at radius 1 is 1.37 bits per heavy atom. The van der Waals surface area contributed by atoms with Crippen molar-refractivity contribution in [2.75, 3.05) is 19.8 Å². The van der Waals surface area contributed by atoms with E-state index in [0.29, 0.717) is 19.8 Å². The van der Waals surface area contributed by atoms with Crippen LogP contribution in [-0.4, -0.2) is 35.9 Å².